The highest BCUT2D eigenvalue weighted by atomic mass is 32.1. The maximum absolute atomic E-state index is 11.9. The van der Waals surface area contributed by atoms with Crippen molar-refractivity contribution >= 4 is 44.7 Å². The Hall–Kier alpha value is -2.93. The summed E-state index contributed by atoms with van der Waals surface area (Å²) in [6.45, 7) is 12.3. The molecule has 30 heavy (non-hydrogen) atoms. The molecule has 3 aromatic rings. The Kier molecular flexibility index (Phi) is 5.72. The normalized spacial score (nSPS) is 14.3. The van der Waals surface area contributed by atoms with Gasteiger partial charge < -0.3 is 14.8 Å². The van der Waals surface area contributed by atoms with Crippen LogP contribution in [0.4, 0.5) is 10.9 Å². The topological polar surface area (TPSA) is 63.1 Å². The van der Waals surface area contributed by atoms with E-state index in [1.54, 1.807) is 16.2 Å². The molecule has 0 saturated carbocycles. The van der Waals surface area contributed by atoms with Crippen LogP contribution in [0.2, 0.25) is 0 Å². The summed E-state index contributed by atoms with van der Waals surface area (Å²) in [4.78, 5) is 24.3. The van der Waals surface area contributed by atoms with E-state index in [-0.39, 0.29) is 5.91 Å². The van der Waals surface area contributed by atoms with Gasteiger partial charge in [0.2, 0.25) is 5.91 Å². The number of nitrogens with zero attached hydrogens (tertiary/aromatic N) is 4. The second-order valence-corrected chi connectivity index (χ2v) is 9.25. The molecule has 1 aliphatic heterocycles. The fourth-order valence-electron chi connectivity index (χ4n) is 3.79. The van der Waals surface area contributed by atoms with Crippen molar-refractivity contribution in [3.8, 4) is 0 Å². The van der Waals surface area contributed by atoms with E-state index in [2.05, 4.69) is 59.7 Å². The van der Waals surface area contributed by atoms with Crippen LogP contribution in [0.25, 0.3) is 16.5 Å². The molecule has 0 unspecified atom stereocenters. The summed E-state index contributed by atoms with van der Waals surface area (Å²) in [6, 6.07) is 4.26. The lowest BCUT2D eigenvalue weighted by atomic mass is 10.0. The summed E-state index contributed by atoms with van der Waals surface area (Å²) in [5.41, 5.74) is 3.32. The Labute approximate surface area is 180 Å². The average Bonchev–Trinajstić information content (AvgIpc) is 3.32. The molecule has 1 amide bonds. The van der Waals surface area contributed by atoms with Gasteiger partial charge in [0.25, 0.3) is 0 Å². The molecular weight excluding hydrogens is 394 g/mol. The van der Waals surface area contributed by atoms with Crippen molar-refractivity contribution in [2.45, 2.75) is 33.7 Å². The monoisotopic (exact) mass is 421 g/mol. The van der Waals surface area contributed by atoms with Gasteiger partial charge in [-0.15, -0.1) is 11.3 Å². The van der Waals surface area contributed by atoms with Crippen LogP contribution in [0.5, 0.6) is 0 Å². The van der Waals surface area contributed by atoms with Crippen LogP contribution in [0.3, 0.4) is 0 Å². The number of hydrogen-bond donors (Lipinski definition) is 1. The molecule has 3 aromatic heterocycles. The first kappa shape index (κ1) is 20.3. The summed E-state index contributed by atoms with van der Waals surface area (Å²) in [5.74, 6) is 1.31. The van der Waals surface area contributed by atoms with Crippen LogP contribution >= 0.6 is 11.3 Å². The van der Waals surface area contributed by atoms with Crippen molar-refractivity contribution in [2.75, 3.05) is 18.4 Å². The summed E-state index contributed by atoms with van der Waals surface area (Å²) in [6.07, 6.45) is 8.27. The predicted octanol–water partition coefficient (Wildman–Crippen LogP) is 5.00. The third kappa shape index (κ3) is 4.16. The lowest BCUT2D eigenvalue weighted by molar-refractivity contribution is -0.125. The minimum Gasteiger partial charge on any atom is -0.347 e. The van der Waals surface area contributed by atoms with Crippen LogP contribution in [0.1, 0.15) is 30.8 Å². The van der Waals surface area contributed by atoms with E-state index < -0.39 is 0 Å². The molecule has 0 fully saturated rings. The number of anilines is 2. The summed E-state index contributed by atoms with van der Waals surface area (Å²) < 4.78 is 2.29. The second kappa shape index (κ2) is 8.44. The number of aryl methyl sites for hydroxylation is 1. The Balaban J connectivity index is 1.75. The maximum atomic E-state index is 11.9. The second-order valence-electron chi connectivity index (χ2n) is 8.02. The fraction of sp³-hybridized carbons (Fsp3) is 0.348. The lowest BCUT2D eigenvalue weighted by Gasteiger charge is -2.25. The molecule has 0 atom stereocenters. The van der Waals surface area contributed by atoms with E-state index >= 15 is 0 Å². The first-order chi connectivity index (χ1) is 14.4. The molecule has 156 valence electrons. The number of pyridine rings is 1. The van der Waals surface area contributed by atoms with Crippen molar-refractivity contribution in [1.29, 1.82) is 0 Å². The number of hydrogen-bond acceptors (Lipinski definition) is 5. The average molecular weight is 422 g/mol. The van der Waals surface area contributed by atoms with Crippen molar-refractivity contribution in [3.05, 3.63) is 53.8 Å². The molecule has 4 rings (SSSR count). The standard InChI is InChI=1S/C23H27N5OS/c1-5-21(29)27-9-6-17(7-10-27)22-18-8-11-28(14-15(2)3)19(18)12-20(25-22)26-23-24-13-16(4)30-23/h5-6,8,11-13,15H,1,7,9-10,14H2,2-4H3,(H,24,25,26). The van der Waals surface area contributed by atoms with Crippen molar-refractivity contribution in [2.24, 2.45) is 5.92 Å². The molecule has 0 aliphatic carbocycles. The van der Waals surface area contributed by atoms with E-state index in [1.807, 2.05) is 13.1 Å². The highest BCUT2D eigenvalue weighted by molar-refractivity contribution is 7.15. The molecular formula is C23H27N5OS. The van der Waals surface area contributed by atoms with Gasteiger partial charge in [0, 0.05) is 48.4 Å². The quantitative estimate of drug-likeness (QED) is 0.569. The summed E-state index contributed by atoms with van der Waals surface area (Å²) in [5, 5.41) is 5.37. The van der Waals surface area contributed by atoms with Gasteiger partial charge in [0.1, 0.15) is 5.82 Å². The van der Waals surface area contributed by atoms with E-state index in [4.69, 9.17) is 4.98 Å². The van der Waals surface area contributed by atoms with Gasteiger partial charge in [-0.25, -0.2) is 9.97 Å². The van der Waals surface area contributed by atoms with E-state index in [0.29, 0.717) is 19.0 Å². The molecule has 0 saturated heterocycles. The molecule has 7 heteroatoms. The van der Waals surface area contributed by atoms with Crippen LogP contribution < -0.4 is 5.32 Å². The third-order valence-electron chi connectivity index (χ3n) is 5.19. The first-order valence-electron chi connectivity index (χ1n) is 10.2. The Morgan fingerprint density at radius 2 is 2.27 bits per heavy atom. The summed E-state index contributed by atoms with van der Waals surface area (Å²) >= 11 is 1.62. The van der Waals surface area contributed by atoms with Crippen LogP contribution in [0, 0.1) is 12.8 Å². The van der Waals surface area contributed by atoms with Gasteiger partial charge in [-0.2, -0.15) is 0 Å². The van der Waals surface area contributed by atoms with E-state index in [0.717, 1.165) is 45.4 Å². The smallest absolute Gasteiger partial charge is 0.246 e. The van der Waals surface area contributed by atoms with Crippen LogP contribution in [-0.2, 0) is 11.3 Å². The first-order valence-corrected chi connectivity index (χ1v) is 11.1. The van der Waals surface area contributed by atoms with Gasteiger partial charge in [-0.05, 0) is 37.0 Å². The maximum Gasteiger partial charge on any atom is 0.246 e. The number of nitrogens with one attached hydrogen (secondary N) is 1. The molecule has 0 radical (unpaired) electrons. The SMILES string of the molecule is C=CC(=O)N1CC=C(c2nc(Nc3ncc(C)s3)cc3c2ccn3CC(C)C)CC1. The highest BCUT2D eigenvalue weighted by Gasteiger charge is 2.20. The molecule has 0 bridgehead atoms. The number of rotatable bonds is 6. The Morgan fingerprint density at radius 3 is 2.90 bits per heavy atom. The Bertz CT molecular complexity index is 1120. The molecule has 0 spiro atoms. The third-order valence-corrected chi connectivity index (χ3v) is 6.01. The highest BCUT2D eigenvalue weighted by Crippen LogP contribution is 2.32. The number of amides is 1. The van der Waals surface area contributed by atoms with Gasteiger partial charge in [-0.1, -0.05) is 26.5 Å². The molecule has 1 aliphatic rings. The van der Waals surface area contributed by atoms with Gasteiger partial charge in [0.05, 0.1) is 11.2 Å². The van der Waals surface area contributed by atoms with Crippen molar-refractivity contribution < 1.29 is 4.79 Å². The number of fused-ring (bicyclic) bond motifs is 1. The lowest BCUT2D eigenvalue weighted by Crippen LogP contribution is -2.33. The Morgan fingerprint density at radius 1 is 1.43 bits per heavy atom. The zero-order valence-corrected chi connectivity index (χ0v) is 18.5. The minimum absolute atomic E-state index is 0.0268. The summed E-state index contributed by atoms with van der Waals surface area (Å²) in [7, 11) is 0. The predicted molar refractivity (Wildman–Crippen MR) is 124 cm³/mol. The molecule has 1 N–H and O–H groups in total. The van der Waals surface area contributed by atoms with E-state index in [1.165, 1.54) is 11.6 Å². The van der Waals surface area contributed by atoms with Crippen LogP contribution in [-0.4, -0.2) is 38.4 Å². The molecule has 4 heterocycles. The zero-order chi connectivity index (χ0) is 21.3. The zero-order valence-electron chi connectivity index (χ0n) is 17.7. The van der Waals surface area contributed by atoms with Gasteiger partial charge in [0.15, 0.2) is 5.13 Å². The number of thiazole rings is 1. The van der Waals surface area contributed by atoms with E-state index in [9.17, 15) is 4.79 Å². The number of carbonyl (C=O) groups excluding carboxylic acids is 1. The number of aromatic nitrogens is 3. The van der Waals surface area contributed by atoms with Crippen LogP contribution in [0.15, 0.2) is 43.3 Å². The fourth-order valence-corrected chi connectivity index (χ4v) is 4.46. The largest absolute Gasteiger partial charge is 0.347 e. The molecule has 0 aromatic carbocycles. The van der Waals surface area contributed by atoms with Gasteiger partial charge in [-0.3, -0.25) is 4.79 Å². The van der Waals surface area contributed by atoms with Gasteiger partial charge >= 0.3 is 0 Å². The minimum atomic E-state index is -0.0268. The molecule has 6 nitrogen and oxygen atoms in total. The van der Waals surface area contributed by atoms with Crippen molar-refractivity contribution in [3.63, 3.8) is 0 Å². The number of carbonyl (C=O) groups is 1. The van der Waals surface area contributed by atoms with Crippen molar-refractivity contribution in [1.82, 2.24) is 19.4 Å².